The summed E-state index contributed by atoms with van der Waals surface area (Å²) in [6, 6.07) is 0. The first-order valence-electron chi connectivity index (χ1n) is 11.1. The van der Waals surface area contributed by atoms with Gasteiger partial charge in [-0.15, -0.1) is 0 Å². The van der Waals surface area contributed by atoms with Crippen molar-refractivity contribution in [2.45, 2.75) is 141 Å². The maximum absolute atomic E-state index is 6.89. The summed E-state index contributed by atoms with van der Waals surface area (Å²) in [5.74, 6) is -0.825. The van der Waals surface area contributed by atoms with Crippen molar-refractivity contribution in [3.63, 3.8) is 0 Å². The highest BCUT2D eigenvalue weighted by molar-refractivity contribution is 5.16. The Morgan fingerprint density at radius 1 is 0.560 bits per heavy atom. The number of ether oxygens (including phenoxy) is 3. The molecule has 25 heavy (non-hydrogen) atoms. The van der Waals surface area contributed by atoms with Gasteiger partial charge in [0.2, 0.25) is 11.6 Å². The molecule has 4 unspecified atom stereocenters. The summed E-state index contributed by atoms with van der Waals surface area (Å²) in [5.41, 5.74) is -0.175. The fourth-order valence-corrected chi connectivity index (χ4v) is 4.84. The quantitative estimate of drug-likeness (QED) is 0.324. The third-order valence-electron chi connectivity index (χ3n) is 6.52. The van der Waals surface area contributed by atoms with Crippen molar-refractivity contribution in [1.82, 2.24) is 0 Å². The Kier molecular flexibility index (Phi) is 7.01. The maximum atomic E-state index is 6.89. The molecule has 2 heterocycles. The molecule has 0 bridgehead atoms. The largest absolute Gasteiger partial charge is 0.335 e. The zero-order valence-electron chi connectivity index (χ0n) is 17.7. The smallest absolute Gasteiger partial charge is 0.201 e. The van der Waals surface area contributed by atoms with Crippen molar-refractivity contribution in [2.75, 3.05) is 0 Å². The van der Waals surface area contributed by atoms with Crippen LogP contribution in [0.3, 0.4) is 0 Å². The first kappa shape index (κ1) is 21.2. The van der Waals surface area contributed by atoms with Crippen molar-refractivity contribution >= 4 is 0 Å². The summed E-state index contributed by atoms with van der Waals surface area (Å²) in [5, 5.41) is 0. The molecule has 2 fully saturated rings. The topological polar surface area (TPSA) is 34.3 Å². The van der Waals surface area contributed by atoms with E-state index >= 15 is 0 Å². The summed E-state index contributed by atoms with van der Waals surface area (Å²) < 4.78 is 19.8. The third-order valence-corrected chi connectivity index (χ3v) is 6.52. The summed E-state index contributed by atoms with van der Waals surface area (Å²) in [4.78, 5) is 0. The predicted octanol–water partition coefficient (Wildman–Crippen LogP) is 6.73. The number of unbranched alkanes of at least 4 members (excludes halogenated alkanes) is 2. The van der Waals surface area contributed by atoms with Gasteiger partial charge in [0.25, 0.3) is 0 Å². The zero-order valence-corrected chi connectivity index (χ0v) is 17.7. The standard InChI is InChI=1S/C22H42O3/c1-7-13-17-19(11-5)21(23-19,15-9-3)25-22(16-10-4)20(12-6,24-22)18-14-8-2/h7-18H2,1-6H3. The van der Waals surface area contributed by atoms with E-state index in [-0.39, 0.29) is 11.2 Å². The van der Waals surface area contributed by atoms with Crippen LogP contribution >= 0.6 is 0 Å². The van der Waals surface area contributed by atoms with Crippen LogP contribution in [0.2, 0.25) is 0 Å². The number of hydrogen-bond donors (Lipinski definition) is 0. The molecule has 0 radical (unpaired) electrons. The van der Waals surface area contributed by atoms with Crippen LogP contribution in [0.15, 0.2) is 0 Å². The van der Waals surface area contributed by atoms with Crippen LogP contribution in [0.5, 0.6) is 0 Å². The molecule has 0 saturated carbocycles. The highest BCUT2D eigenvalue weighted by atomic mass is 16.9. The van der Waals surface area contributed by atoms with Gasteiger partial charge in [0.05, 0.1) is 0 Å². The van der Waals surface area contributed by atoms with E-state index in [0.717, 1.165) is 51.4 Å². The Labute approximate surface area is 156 Å². The van der Waals surface area contributed by atoms with Gasteiger partial charge >= 0.3 is 0 Å². The van der Waals surface area contributed by atoms with Crippen LogP contribution in [-0.4, -0.2) is 22.8 Å². The minimum absolute atomic E-state index is 0.0874. The van der Waals surface area contributed by atoms with Gasteiger partial charge < -0.3 is 14.2 Å². The molecule has 0 aromatic carbocycles. The first-order valence-corrected chi connectivity index (χ1v) is 11.1. The summed E-state index contributed by atoms with van der Waals surface area (Å²) in [6.45, 7) is 13.5. The molecule has 4 atom stereocenters. The van der Waals surface area contributed by atoms with Gasteiger partial charge in [0.1, 0.15) is 11.2 Å². The van der Waals surface area contributed by atoms with E-state index in [1.54, 1.807) is 0 Å². The molecule has 0 aromatic heterocycles. The maximum Gasteiger partial charge on any atom is 0.201 e. The van der Waals surface area contributed by atoms with E-state index in [9.17, 15) is 0 Å². The fourth-order valence-electron chi connectivity index (χ4n) is 4.84. The van der Waals surface area contributed by atoms with Gasteiger partial charge in [-0.2, -0.15) is 0 Å². The van der Waals surface area contributed by atoms with Gasteiger partial charge in [-0.05, 0) is 25.7 Å². The van der Waals surface area contributed by atoms with Gasteiger partial charge in [0.15, 0.2) is 0 Å². The molecular formula is C22H42O3. The molecule has 2 saturated heterocycles. The molecule has 148 valence electrons. The monoisotopic (exact) mass is 354 g/mol. The van der Waals surface area contributed by atoms with E-state index < -0.39 is 11.6 Å². The van der Waals surface area contributed by atoms with Crippen molar-refractivity contribution in [2.24, 2.45) is 0 Å². The molecule has 2 aliphatic heterocycles. The number of rotatable bonds is 14. The van der Waals surface area contributed by atoms with E-state index in [4.69, 9.17) is 14.2 Å². The number of epoxide rings is 2. The van der Waals surface area contributed by atoms with Crippen LogP contribution in [0, 0.1) is 0 Å². The highest BCUT2D eigenvalue weighted by Gasteiger charge is 2.78. The van der Waals surface area contributed by atoms with Crippen LogP contribution in [0.1, 0.15) is 119 Å². The number of hydrogen-bond acceptors (Lipinski definition) is 3. The molecule has 2 aliphatic rings. The first-order chi connectivity index (χ1) is 12.0. The second-order valence-electron chi connectivity index (χ2n) is 8.21. The van der Waals surface area contributed by atoms with Crippen molar-refractivity contribution < 1.29 is 14.2 Å². The lowest BCUT2D eigenvalue weighted by Gasteiger charge is -2.26. The second-order valence-corrected chi connectivity index (χ2v) is 8.21. The molecule has 0 aromatic rings. The van der Waals surface area contributed by atoms with E-state index in [0.29, 0.717) is 0 Å². The molecule has 2 rings (SSSR count). The van der Waals surface area contributed by atoms with Gasteiger partial charge in [0, 0.05) is 12.8 Å². The average molecular weight is 355 g/mol. The van der Waals surface area contributed by atoms with Crippen molar-refractivity contribution in [1.29, 1.82) is 0 Å². The minimum Gasteiger partial charge on any atom is -0.335 e. The Morgan fingerprint density at radius 3 is 1.24 bits per heavy atom. The molecule has 3 nitrogen and oxygen atoms in total. The summed E-state index contributed by atoms with van der Waals surface area (Å²) >= 11 is 0. The van der Waals surface area contributed by atoms with Crippen LogP contribution in [-0.2, 0) is 14.2 Å². The molecule has 3 heteroatoms. The Morgan fingerprint density at radius 2 is 0.960 bits per heavy atom. The highest BCUT2D eigenvalue weighted by Crippen LogP contribution is 2.66. The van der Waals surface area contributed by atoms with Gasteiger partial charge in [-0.3, -0.25) is 0 Å². The predicted molar refractivity (Wildman–Crippen MR) is 104 cm³/mol. The normalized spacial score (nSPS) is 39.6. The molecule has 0 spiro atoms. The van der Waals surface area contributed by atoms with Crippen LogP contribution in [0.4, 0.5) is 0 Å². The van der Waals surface area contributed by atoms with E-state index in [1.165, 1.54) is 25.7 Å². The second kappa shape index (κ2) is 8.27. The average Bonchev–Trinajstić information content (AvgIpc) is 3.44. The zero-order chi connectivity index (χ0) is 18.6. The molecule has 0 amide bonds. The van der Waals surface area contributed by atoms with Crippen molar-refractivity contribution in [3.05, 3.63) is 0 Å². The van der Waals surface area contributed by atoms with E-state index in [1.807, 2.05) is 0 Å². The van der Waals surface area contributed by atoms with Gasteiger partial charge in [-0.25, -0.2) is 0 Å². The SMILES string of the molecule is CCCCC1(CC)OC1(CCC)OC1(CCC)OC1(CC)CCCC. The third kappa shape index (κ3) is 3.66. The van der Waals surface area contributed by atoms with Gasteiger partial charge in [-0.1, -0.05) is 80.1 Å². The van der Waals surface area contributed by atoms with Crippen molar-refractivity contribution in [3.8, 4) is 0 Å². The molecule has 0 N–H and O–H groups in total. The summed E-state index contributed by atoms with van der Waals surface area (Å²) in [6.07, 6.45) is 13.2. The lowest BCUT2D eigenvalue weighted by molar-refractivity contribution is -0.159. The summed E-state index contributed by atoms with van der Waals surface area (Å²) in [7, 11) is 0. The van der Waals surface area contributed by atoms with Crippen LogP contribution in [0.25, 0.3) is 0 Å². The fraction of sp³-hybridized carbons (Fsp3) is 1.00. The lowest BCUT2D eigenvalue weighted by Crippen LogP contribution is -2.39. The van der Waals surface area contributed by atoms with E-state index in [2.05, 4.69) is 41.5 Å². The van der Waals surface area contributed by atoms with Crippen LogP contribution < -0.4 is 0 Å². The Bertz CT molecular complexity index is 387. The molecular weight excluding hydrogens is 312 g/mol. The minimum atomic E-state index is -0.413. The Hall–Kier alpha value is -0.120. The Balaban J connectivity index is 2.19. The lowest BCUT2D eigenvalue weighted by atomic mass is 9.88. The molecule has 0 aliphatic carbocycles.